The molecule has 1 N–H and O–H groups in total. The van der Waals surface area contributed by atoms with Crippen LogP contribution < -0.4 is 5.32 Å². The van der Waals surface area contributed by atoms with Gasteiger partial charge < -0.3 is 10.1 Å². The summed E-state index contributed by atoms with van der Waals surface area (Å²) in [7, 11) is 2.10. The standard InChI is InChI=1S/C13H27NO/c1-11(2)15-10-6-9-13(14-3)12-7-4-5-8-12/h11-14H,4-10H2,1-3H3. The molecule has 1 saturated carbocycles. The number of hydrogen-bond acceptors (Lipinski definition) is 2. The third-order valence-electron chi connectivity index (χ3n) is 3.45. The van der Waals surface area contributed by atoms with Crippen molar-refractivity contribution < 1.29 is 4.74 Å². The minimum absolute atomic E-state index is 0.379. The third-order valence-corrected chi connectivity index (χ3v) is 3.45. The van der Waals surface area contributed by atoms with E-state index in [4.69, 9.17) is 4.74 Å². The van der Waals surface area contributed by atoms with Crippen molar-refractivity contribution in [3.8, 4) is 0 Å². The number of nitrogens with one attached hydrogen (secondary N) is 1. The van der Waals surface area contributed by atoms with Crippen LogP contribution in [0.25, 0.3) is 0 Å². The molecule has 1 aliphatic rings. The second-order valence-electron chi connectivity index (χ2n) is 5.00. The maximum atomic E-state index is 5.57. The van der Waals surface area contributed by atoms with E-state index in [-0.39, 0.29) is 0 Å². The van der Waals surface area contributed by atoms with E-state index >= 15 is 0 Å². The van der Waals surface area contributed by atoms with E-state index in [1.54, 1.807) is 0 Å². The highest BCUT2D eigenvalue weighted by molar-refractivity contribution is 4.79. The minimum atomic E-state index is 0.379. The van der Waals surface area contributed by atoms with E-state index < -0.39 is 0 Å². The van der Waals surface area contributed by atoms with E-state index in [2.05, 4.69) is 26.2 Å². The first-order valence-electron chi connectivity index (χ1n) is 6.53. The lowest BCUT2D eigenvalue weighted by Crippen LogP contribution is -2.32. The fourth-order valence-corrected chi connectivity index (χ4v) is 2.60. The van der Waals surface area contributed by atoms with Gasteiger partial charge in [-0.05, 0) is 52.5 Å². The van der Waals surface area contributed by atoms with Crippen LogP contribution in [0.3, 0.4) is 0 Å². The number of rotatable bonds is 7. The predicted octanol–water partition coefficient (Wildman–Crippen LogP) is 2.97. The molecule has 0 aromatic heterocycles. The van der Waals surface area contributed by atoms with Crippen LogP contribution in [-0.2, 0) is 4.74 Å². The Morgan fingerprint density at radius 1 is 1.27 bits per heavy atom. The summed E-state index contributed by atoms with van der Waals surface area (Å²) in [5.74, 6) is 0.925. The molecule has 0 aliphatic heterocycles. The Labute approximate surface area is 94.8 Å². The molecule has 0 bridgehead atoms. The fourth-order valence-electron chi connectivity index (χ4n) is 2.60. The van der Waals surface area contributed by atoms with Gasteiger partial charge in [0.1, 0.15) is 0 Å². The smallest absolute Gasteiger partial charge is 0.0518 e. The van der Waals surface area contributed by atoms with E-state index in [9.17, 15) is 0 Å². The normalized spacial score (nSPS) is 20.0. The molecule has 2 heteroatoms. The van der Waals surface area contributed by atoms with Gasteiger partial charge in [-0.1, -0.05) is 12.8 Å². The monoisotopic (exact) mass is 213 g/mol. The second kappa shape index (κ2) is 7.24. The van der Waals surface area contributed by atoms with Crippen molar-refractivity contribution in [1.29, 1.82) is 0 Å². The van der Waals surface area contributed by atoms with Crippen LogP contribution in [0.2, 0.25) is 0 Å². The Morgan fingerprint density at radius 3 is 2.47 bits per heavy atom. The zero-order chi connectivity index (χ0) is 11.1. The summed E-state index contributed by atoms with van der Waals surface area (Å²) >= 11 is 0. The van der Waals surface area contributed by atoms with E-state index in [1.165, 1.54) is 38.5 Å². The third kappa shape index (κ3) is 4.98. The maximum Gasteiger partial charge on any atom is 0.0518 e. The lowest BCUT2D eigenvalue weighted by Gasteiger charge is -2.23. The molecule has 15 heavy (non-hydrogen) atoms. The Bertz CT molecular complexity index is 153. The molecule has 1 fully saturated rings. The molecule has 1 aliphatic carbocycles. The Morgan fingerprint density at radius 2 is 1.93 bits per heavy atom. The average Bonchev–Trinajstić information content (AvgIpc) is 2.70. The van der Waals surface area contributed by atoms with Gasteiger partial charge in [-0.15, -0.1) is 0 Å². The molecular formula is C13H27NO. The van der Waals surface area contributed by atoms with Crippen LogP contribution in [0, 0.1) is 5.92 Å². The molecule has 0 spiro atoms. The van der Waals surface area contributed by atoms with E-state index in [0.717, 1.165) is 18.6 Å². The summed E-state index contributed by atoms with van der Waals surface area (Å²) in [6.45, 7) is 5.13. The van der Waals surface area contributed by atoms with Gasteiger partial charge >= 0.3 is 0 Å². The van der Waals surface area contributed by atoms with Gasteiger partial charge in [0.2, 0.25) is 0 Å². The summed E-state index contributed by atoms with van der Waals surface area (Å²) in [5, 5.41) is 3.48. The molecule has 0 amide bonds. The maximum absolute atomic E-state index is 5.57. The molecule has 0 heterocycles. The van der Waals surface area contributed by atoms with Crippen LogP contribution in [0.15, 0.2) is 0 Å². The molecular weight excluding hydrogens is 186 g/mol. The van der Waals surface area contributed by atoms with Gasteiger partial charge in [0, 0.05) is 12.6 Å². The minimum Gasteiger partial charge on any atom is -0.379 e. The highest BCUT2D eigenvalue weighted by atomic mass is 16.5. The van der Waals surface area contributed by atoms with Crippen molar-refractivity contribution in [3.05, 3.63) is 0 Å². The molecule has 0 aromatic carbocycles. The van der Waals surface area contributed by atoms with Gasteiger partial charge in [0.15, 0.2) is 0 Å². The SMILES string of the molecule is CNC(CCCOC(C)C)C1CCCC1. The second-order valence-corrected chi connectivity index (χ2v) is 5.00. The van der Waals surface area contributed by atoms with Crippen molar-refractivity contribution >= 4 is 0 Å². The van der Waals surface area contributed by atoms with Crippen LogP contribution >= 0.6 is 0 Å². The van der Waals surface area contributed by atoms with Crippen LogP contribution in [-0.4, -0.2) is 25.8 Å². The van der Waals surface area contributed by atoms with Crippen molar-refractivity contribution in [2.45, 2.75) is 64.5 Å². The van der Waals surface area contributed by atoms with Crippen LogP contribution in [0.4, 0.5) is 0 Å². The Balaban J connectivity index is 2.10. The topological polar surface area (TPSA) is 21.3 Å². The van der Waals surface area contributed by atoms with Crippen molar-refractivity contribution in [2.24, 2.45) is 5.92 Å². The summed E-state index contributed by atoms with van der Waals surface area (Å²) < 4.78 is 5.57. The van der Waals surface area contributed by atoms with Crippen molar-refractivity contribution in [2.75, 3.05) is 13.7 Å². The van der Waals surface area contributed by atoms with Gasteiger partial charge in [-0.25, -0.2) is 0 Å². The van der Waals surface area contributed by atoms with Crippen molar-refractivity contribution in [1.82, 2.24) is 5.32 Å². The largest absolute Gasteiger partial charge is 0.379 e. The molecule has 90 valence electrons. The lowest BCUT2D eigenvalue weighted by molar-refractivity contribution is 0.0734. The highest BCUT2D eigenvalue weighted by Gasteiger charge is 2.22. The van der Waals surface area contributed by atoms with Crippen LogP contribution in [0.5, 0.6) is 0 Å². The van der Waals surface area contributed by atoms with Gasteiger partial charge in [-0.3, -0.25) is 0 Å². The fraction of sp³-hybridized carbons (Fsp3) is 1.00. The zero-order valence-electron chi connectivity index (χ0n) is 10.6. The summed E-state index contributed by atoms with van der Waals surface area (Å²) in [4.78, 5) is 0. The zero-order valence-corrected chi connectivity index (χ0v) is 10.6. The Hall–Kier alpha value is -0.0800. The van der Waals surface area contributed by atoms with Gasteiger partial charge in [0.25, 0.3) is 0 Å². The molecule has 2 nitrogen and oxygen atoms in total. The number of ether oxygens (including phenoxy) is 1. The quantitative estimate of drug-likeness (QED) is 0.656. The summed E-state index contributed by atoms with van der Waals surface area (Å²) in [6, 6.07) is 0.725. The molecule has 1 atom stereocenters. The van der Waals surface area contributed by atoms with Gasteiger partial charge in [0.05, 0.1) is 6.10 Å². The average molecular weight is 213 g/mol. The summed E-state index contributed by atoms with van der Waals surface area (Å²) in [5.41, 5.74) is 0. The predicted molar refractivity (Wildman–Crippen MR) is 65.1 cm³/mol. The first-order chi connectivity index (χ1) is 7.24. The molecule has 1 unspecified atom stereocenters. The number of hydrogen-bond donors (Lipinski definition) is 1. The molecule has 1 rings (SSSR count). The lowest BCUT2D eigenvalue weighted by atomic mass is 9.94. The van der Waals surface area contributed by atoms with Crippen LogP contribution in [0.1, 0.15) is 52.4 Å². The molecule has 0 radical (unpaired) electrons. The molecule has 0 saturated heterocycles. The van der Waals surface area contributed by atoms with Crippen molar-refractivity contribution in [3.63, 3.8) is 0 Å². The first kappa shape index (κ1) is 13.0. The molecule has 0 aromatic rings. The van der Waals surface area contributed by atoms with Gasteiger partial charge in [-0.2, -0.15) is 0 Å². The van der Waals surface area contributed by atoms with E-state index in [1.807, 2.05) is 0 Å². The Kier molecular flexibility index (Phi) is 6.26. The summed E-state index contributed by atoms with van der Waals surface area (Å²) in [6.07, 6.45) is 8.57. The first-order valence-corrected chi connectivity index (χ1v) is 6.53. The van der Waals surface area contributed by atoms with E-state index in [0.29, 0.717) is 6.10 Å². The highest BCUT2D eigenvalue weighted by Crippen LogP contribution is 2.29.